The molecule has 0 aliphatic heterocycles. The number of rotatable bonds is 8. The number of thiophene rings is 1. The summed E-state index contributed by atoms with van der Waals surface area (Å²) < 4.78 is 5.23. The number of hydrogen-bond donors (Lipinski definition) is 1. The zero-order chi connectivity index (χ0) is 23.0. The molecule has 0 aliphatic rings. The van der Waals surface area contributed by atoms with E-state index in [0.29, 0.717) is 16.1 Å². The number of amides is 1. The maximum atomic E-state index is 13.3. The van der Waals surface area contributed by atoms with Crippen LogP contribution in [0, 0.1) is 0 Å². The van der Waals surface area contributed by atoms with E-state index in [0.717, 1.165) is 28.8 Å². The first-order valence-corrected chi connectivity index (χ1v) is 11.8. The first-order chi connectivity index (χ1) is 16.2. The van der Waals surface area contributed by atoms with Gasteiger partial charge in [-0.05, 0) is 48.6 Å². The Hall–Kier alpha value is -3.70. The lowest BCUT2D eigenvalue weighted by Crippen LogP contribution is -2.16. The average molecular weight is 456 g/mol. The number of carbonyl (C=O) groups is 2. The molecule has 0 spiro atoms. The van der Waals surface area contributed by atoms with Gasteiger partial charge in [0, 0.05) is 10.4 Å². The summed E-state index contributed by atoms with van der Waals surface area (Å²) in [4.78, 5) is 26.8. The Morgan fingerprint density at radius 2 is 1.48 bits per heavy atom. The highest BCUT2D eigenvalue weighted by Crippen LogP contribution is 2.36. The van der Waals surface area contributed by atoms with Crippen molar-refractivity contribution in [2.75, 3.05) is 11.9 Å². The maximum Gasteiger partial charge on any atom is 0.341 e. The number of esters is 1. The van der Waals surface area contributed by atoms with E-state index < -0.39 is 5.97 Å². The molecule has 1 aromatic heterocycles. The monoisotopic (exact) mass is 455 g/mol. The van der Waals surface area contributed by atoms with Gasteiger partial charge in [-0.2, -0.15) is 0 Å². The molecule has 0 saturated heterocycles. The molecule has 166 valence electrons. The van der Waals surface area contributed by atoms with Crippen LogP contribution in [0.25, 0.3) is 10.4 Å². The van der Waals surface area contributed by atoms with Crippen LogP contribution in [0.4, 0.5) is 5.00 Å². The first-order valence-electron chi connectivity index (χ1n) is 10.9. The molecule has 0 radical (unpaired) electrons. The fourth-order valence-electron chi connectivity index (χ4n) is 3.64. The molecule has 1 amide bonds. The van der Waals surface area contributed by atoms with Crippen molar-refractivity contribution < 1.29 is 14.3 Å². The topological polar surface area (TPSA) is 55.4 Å². The first kappa shape index (κ1) is 22.5. The van der Waals surface area contributed by atoms with Crippen molar-refractivity contribution >= 4 is 28.2 Å². The molecular formula is C28H25NO3S. The third-order valence-corrected chi connectivity index (χ3v) is 6.40. The summed E-state index contributed by atoms with van der Waals surface area (Å²) in [6.07, 6.45) is 1.59. The third kappa shape index (κ3) is 5.57. The average Bonchev–Trinajstić information content (AvgIpc) is 3.28. The normalized spacial score (nSPS) is 10.6. The fraction of sp³-hybridized carbons (Fsp3) is 0.143. The van der Waals surface area contributed by atoms with Crippen LogP contribution < -0.4 is 5.32 Å². The van der Waals surface area contributed by atoms with Crippen LogP contribution in [0.2, 0.25) is 0 Å². The molecule has 4 rings (SSSR count). The summed E-state index contributed by atoms with van der Waals surface area (Å²) in [5.74, 6) is -0.672. The summed E-state index contributed by atoms with van der Waals surface area (Å²) in [6, 6.07) is 29.4. The van der Waals surface area contributed by atoms with E-state index >= 15 is 0 Å². The number of anilines is 1. The van der Waals surface area contributed by atoms with E-state index in [1.807, 2.05) is 72.8 Å². The Kier molecular flexibility index (Phi) is 7.33. The molecule has 3 aromatic carbocycles. The van der Waals surface area contributed by atoms with Crippen molar-refractivity contribution in [3.63, 3.8) is 0 Å². The van der Waals surface area contributed by atoms with E-state index in [-0.39, 0.29) is 12.5 Å². The van der Waals surface area contributed by atoms with Crippen LogP contribution in [0.1, 0.15) is 38.8 Å². The van der Waals surface area contributed by atoms with Gasteiger partial charge in [0.2, 0.25) is 0 Å². The lowest BCUT2D eigenvalue weighted by atomic mass is 9.99. The van der Waals surface area contributed by atoms with Crippen molar-refractivity contribution in [1.29, 1.82) is 0 Å². The van der Waals surface area contributed by atoms with E-state index in [4.69, 9.17) is 4.74 Å². The SMILES string of the molecule is CCOC(=O)c1cc(-c2ccccc2)sc1NC(=O)c1ccccc1CCc1ccccc1. The quantitative estimate of drug-likeness (QED) is 0.303. The van der Waals surface area contributed by atoms with Gasteiger partial charge in [0.05, 0.1) is 12.2 Å². The second-order valence-electron chi connectivity index (χ2n) is 7.54. The molecule has 4 aromatic rings. The van der Waals surface area contributed by atoms with Gasteiger partial charge >= 0.3 is 5.97 Å². The van der Waals surface area contributed by atoms with E-state index in [1.54, 1.807) is 13.0 Å². The predicted octanol–water partition coefficient (Wildman–Crippen LogP) is 6.63. The van der Waals surface area contributed by atoms with Crippen LogP contribution in [0.5, 0.6) is 0 Å². The molecule has 0 bridgehead atoms. The zero-order valence-electron chi connectivity index (χ0n) is 18.4. The van der Waals surface area contributed by atoms with Gasteiger partial charge in [-0.25, -0.2) is 4.79 Å². The van der Waals surface area contributed by atoms with Crippen LogP contribution in [0.3, 0.4) is 0 Å². The summed E-state index contributed by atoms with van der Waals surface area (Å²) in [5.41, 5.74) is 4.16. The minimum absolute atomic E-state index is 0.231. The van der Waals surface area contributed by atoms with Crippen molar-refractivity contribution in [3.05, 3.63) is 113 Å². The molecule has 5 heteroatoms. The highest BCUT2D eigenvalue weighted by Gasteiger charge is 2.21. The summed E-state index contributed by atoms with van der Waals surface area (Å²) in [7, 11) is 0. The summed E-state index contributed by atoms with van der Waals surface area (Å²) in [5, 5.41) is 3.47. The van der Waals surface area contributed by atoms with Crippen LogP contribution >= 0.6 is 11.3 Å². The summed E-state index contributed by atoms with van der Waals surface area (Å²) in [6.45, 7) is 2.04. The number of benzene rings is 3. The van der Waals surface area contributed by atoms with Crippen LogP contribution in [0.15, 0.2) is 91.0 Å². The molecule has 33 heavy (non-hydrogen) atoms. The molecule has 0 aliphatic carbocycles. The van der Waals surface area contributed by atoms with E-state index in [1.165, 1.54) is 16.9 Å². The number of ether oxygens (including phenoxy) is 1. The Morgan fingerprint density at radius 3 is 2.21 bits per heavy atom. The minimum Gasteiger partial charge on any atom is -0.462 e. The second-order valence-corrected chi connectivity index (χ2v) is 8.59. The highest BCUT2D eigenvalue weighted by atomic mass is 32.1. The molecule has 1 N–H and O–H groups in total. The van der Waals surface area contributed by atoms with Crippen molar-refractivity contribution in [3.8, 4) is 10.4 Å². The summed E-state index contributed by atoms with van der Waals surface area (Å²) >= 11 is 1.37. The van der Waals surface area contributed by atoms with Crippen molar-refractivity contribution in [2.24, 2.45) is 0 Å². The molecule has 0 atom stereocenters. The standard InChI is InChI=1S/C28H25NO3S/c1-2-32-28(31)24-19-25(22-14-7-4-8-15-22)33-27(24)29-26(30)23-16-10-9-13-21(23)18-17-20-11-5-3-6-12-20/h3-16,19H,2,17-18H2,1H3,(H,29,30). The largest absolute Gasteiger partial charge is 0.462 e. The molecular weight excluding hydrogens is 430 g/mol. The second kappa shape index (κ2) is 10.7. The van der Waals surface area contributed by atoms with Gasteiger partial charge in [0.15, 0.2) is 0 Å². The predicted molar refractivity (Wildman–Crippen MR) is 134 cm³/mol. The Balaban J connectivity index is 1.59. The van der Waals surface area contributed by atoms with Crippen LogP contribution in [-0.4, -0.2) is 18.5 Å². The molecule has 0 saturated carbocycles. The lowest BCUT2D eigenvalue weighted by molar-refractivity contribution is 0.0528. The van der Waals surface area contributed by atoms with Crippen LogP contribution in [-0.2, 0) is 17.6 Å². The van der Waals surface area contributed by atoms with Gasteiger partial charge in [0.1, 0.15) is 5.00 Å². The molecule has 0 unspecified atom stereocenters. The van der Waals surface area contributed by atoms with Gasteiger partial charge in [0.25, 0.3) is 5.91 Å². The molecule has 1 heterocycles. The Labute approximate surface area is 197 Å². The van der Waals surface area contributed by atoms with Gasteiger partial charge in [-0.15, -0.1) is 11.3 Å². The number of nitrogens with one attached hydrogen (secondary N) is 1. The smallest absolute Gasteiger partial charge is 0.341 e. The Morgan fingerprint density at radius 1 is 0.818 bits per heavy atom. The van der Waals surface area contributed by atoms with Gasteiger partial charge in [-0.3, -0.25) is 4.79 Å². The van der Waals surface area contributed by atoms with E-state index in [9.17, 15) is 9.59 Å². The van der Waals surface area contributed by atoms with Crippen molar-refractivity contribution in [1.82, 2.24) is 0 Å². The fourth-order valence-corrected chi connectivity index (χ4v) is 4.69. The van der Waals surface area contributed by atoms with Gasteiger partial charge in [-0.1, -0.05) is 78.9 Å². The lowest BCUT2D eigenvalue weighted by Gasteiger charge is -2.10. The Bertz CT molecular complexity index is 1230. The molecule has 4 nitrogen and oxygen atoms in total. The number of carbonyl (C=O) groups excluding carboxylic acids is 2. The number of hydrogen-bond acceptors (Lipinski definition) is 4. The third-order valence-electron chi connectivity index (χ3n) is 5.30. The van der Waals surface area contributed by atoms with E-state index in [2.05, 4.69) is 17.4 Å². The molecule has 0 fully saturated rings. The highest BCUT2D eigenvalue weighted by molar-refractivity contribution is 7.20. The number of aryl methyl sites for hydroxylation is 2. The van der Waals surface area contributed by atoms with Gasteiger partial charge < -0.3 is 10.1 Å². The zero-order valence-corrected chi connectivity index (χ0v) is 19.2. The van der Waals surface area contributed by atoms with Crippen molar-refractivity contribution in [2.45, 2.75) is 19.8 Å². The maximum absolute atomic E-state index is 13.3. The minimum atomic E-state index is -0.441.